The highest BCUT2D eigenvalue weighted by molar-refractivity contribution is 5.26. The average Bonchev–Trinajstić information content (AvgIpc) is 2.69. The van der Waals surface area contributed by atoms with Gasteiger partial charge in [0.15, 0.2) is 5.82 Å². The molecule has 2 aromatic heterocycles. The molecule has 0 fully saturated rings. The zero-order valence-corrected chi connectivity index (χ0v) is 7.86. The van der Waals surface area contributed by atoms with Gasteiger partial charge in [-0.25, -0.2) is 0 Å². The Hall–Kier alpha value is -1.72. The summed E-state index contributed by atoms with van der Waals surface area (Å²) in [5.41, 5.74) is -0.673. The van der Waals surface area contributed by atoms with E-state index in [1.165, 1.54) is 15.4 Å². The lowest BCUT2D eigenvalue weighted by Crippen LogP contribution is -2.03. The Morgan fingerprint density at radius 2 is 1.93 bits per heavy atom. The highest BCUT2D eigenvalue weighted by Gasteiger charge is 2.31. The molecule has 3 nitrogen and oxygen atoms in total. The number of aromatic nitrogens is 3. The second-order valence-electron chi connectivity index (χ2n) is 3.15. The summed E-state index contributed by atoms with van der Waals surface area (Å²) < 4.78 is 39.7. The van der Waals surface area contributed by atoms with Gasteiger partial charge in [0.25, 0.3) is 0 Å². The van der Waals surface area contributed by atoms with E-state index in [2.05, 4.69) is 5.10 Å². The molecule has 0 aromatic carbocycles. The summed E-state index contributed by atoms with van der Waals surface area (Å²) in [6.07, 6.45) is -0.282. The van der Waals surface area contributed by atoms with Crippen molar-refractivity contribution in [1.29, 1.82) is 0 Å². The number of halogens is 3. The lowest BCUT2D eigenvalue weighted by molar-refractivity contribution is -0.137. The molecular weight excluding hydrogens is 207 g/mol. The van der Waals surface area contributed by atoms with Crippen molar-refractivity contribution < 1.29 is 13.2 Å². The molecule has 0 spiro atoms. The topological polar surface area (TPSA) is 22.8 Å². The zero-order chi connectivity index (χ0) is 11.1. The molecule has 0 aliphatic carbocycles. The summed E-state index contributed by atoms with van der Waals surface area (Å²) in [5, 5.41) is 3.99. The van der Waals surface area contributed by atoms with Crippen molar-refractivity contribution >= 4 is 0 Å². The van der Waals surface area contributed by atoms with Crippen LogP contribution in [0.1, 0.15) is 5.56 Å². The molecule has 80 valence electrons. The van der Waals surface area contributed by atoms with Crippen LogP contribution in [0.25, 0.3) is 5.82 Å². The van der Waals surface area contributed by atoms with Crippen LogP contribution in [0.5, 0.6) is 0 Å². The SMILES string of the molecule is Cn1ccc(-n2ccc(C(F)(F)F)c2)n1. The summed E-state index contributed by atoms with van der Waals surface area (Å²) >= 11 is 0. The highest BCUT2D eigenvalue weighted by Crippen LogP contribution is 2.29. The maximum absolute atomic E-state index is 12.3. The third-order valence-corrected chi connectivity index (χ3v) is 1.98. The van der Waals surface area contributed by atoms with Crippen LogP contribution < -0.4 is 0 Å². The Kier molecular flexibility index (Phi) is 2.06. The van der Waals surface area contributed by atoms with Gasteiger partial charge in [-0.1, -0.05) is 0 Å². The summed E-state index contributed by atoms with van der Waals surface area (Å²) in [6, 6.07) is 2.66. The molecular formula is C9H8F3N3. The second-order valence-corrected chi connectivity index (χ2v) is 3.15. The molecule has 0 N–H and O–H groups in total. The lowest BCUT2D eigenvalue weighted by Gasteiger charge is -2.01. The minimum Gasteiger partial charge on any atom is -0.307 e. The van der Waals surface area contributed by atoms with Gasteiger partial charge in [-0.3, -0.25) is 4.68 Å². The third-order valence-electron chi connectivity index (χ3n) is 1.98. The average molecular weight is 215 g/mol. The van der Waals surface area contributed by atoms with Crippen LogP contribution >= 0.6 is 0 Å². The van der Waals surface area contributed by atoms with E-state index in [1.54, 1.807) is 19.3 Å². The van der Waals surface area contributed by atoms with Gasteiger partial charge in [0.1, 0.15) is 0 Å². The maximum Gasteiger partial charge on any atom is 0.417 e. The van der Waals surface area contributed by atoms with E-state index in [9.17, 15) is 13.2 Å². The summed E-state index contributed by atoms with van der Waals surface area (Å²) in [6.45, 7) is 0. The molecule has 6 heteroatoms. The van der Waals surface area contributed by atoms with E-state index in [0.29, 0.717) is 5.82 Å². The van der Waals surface area contributed by atoms with Crippen LogP contribution in [-0.2, 0) is 13.2 Å². The highest BCUT2D eigenvalue weighted by atomic mass is 19.4. The molecule has 2 heterocycles. The molecule has 0 aliphatic rings. The number of hydrogen-bond donors (Lipinski definition) is 0. The minimum atomic E-state index is -4.31. The molecule has 0 unspecified atom stereocenters. The van der Waals surface area contributed by atoms with Gasteiger partial charge >= 0.3 is 6.18 Å². The molecule has 0 saturated heterocycles. The molecule has 15 heavy (non-hydrogen) atoms. The monoisotopic (exact) mass is 215 g/mol. The zero-order valence-electron chi connectivity index (χ0n) is 7.86. The minimum absolute atomic E-state index is 0.466. The first-order valence-electron chi connectivity index (χ1n) is 4.22. The van der Waals surface area contributed by atoms with Gasteiger partial charge in [0, 0.05) is 31.7 Å². The number of aryl methyl sites for hydroxylation is 1. The Balaban J connectivity index is 2.36. The van der Waals surface area contributed by atoms with Crippen LogP contribution in [-0.4, -0.2) is 14.3 Å². The van der Waals surface area contributed by atoms with Crippen molar-refractivity contribution in [2.24, 2.45) is 7.05 Å². The number of alkyl halides is 3. The van der Waals surface area contributed by atoms with Gasteiger partial charge < -0.3 is 4.57 Å². The van der Waals surface area contributed by atoms with Crippen molar-refractivity contribution in [2.45, 2.75) is 6.18 Å². The van der Waals surface area contributed by atoms with Crippen LogP contribution in [0.2, 0.25) is 0 Å². The molecule has 0 bridgehead atoms. The first-order chi connectivity index (χ1) is 6.97. The molecule has 0 atom stereocenters. The van der Waals surface area contributed by atoms with E-state index >= 15 is 0 Å². The first-order valence-corrected chi connectivity index (χ1v) is 4.22. The van der Waals surface area contributed by atoms with Gasteiger partial charge in [-0.15, -0.1) is 0 Å². The first kappa shape index (κ1) is 9.82. The number of nitrogens with zero attached hydrogens (tertiary/aromatic N) is 3. The summed E-state index contributed by atoms with van der Waals surface area (Å²) in [7, 11) is 1.71. The fourth-order valence-corrected chi connectivity index (χ4v) is 1.25. The van der Waals surface area contributed by atoms with Crippen molar-refractivity contribution in [3.8, 4) is 5.82 Å². The Bertz CT molecular complexity index is 467. The van der Waals surface area contributed by atoms with E-state index in [1.807, 2.05) is 0 Å². The fourth-order valence-electron chi connectivity index (χ4n) is 1.25. The van der Waals surface area contributed by atoms with Crippen molar-refractivity contribution in [3.05, 3.63) is 36.3 Å². The molecule has 2 rings (SSSR count). The van der Waals surface area contributed by atoms with Crippen LogP contribution in [0.4, 0.5) is 13.2 Å². The van der Waals surface area contributed by atoms with Crippen molar-refractivity contribution in [1.82, 2.24) is 14.3 Å². The third kappa shape index (κ3) is 1.88. The summed E-state index contributed by atoms with van der Waals surface area (Å²) in [4.78, 5) is 0. The lowest BCUT2D eigenvalue weighted by atomic mass is 10.3. The van der Waals surface area contributed by atoms with E-state index in [-0.39, 0.29) is 0 Å². The van der Waals surface area contributed by atoms with Crippen molar-refractivity contribution in [3.63, 3.8) is 0 Å². The van der Waals surface area contributed by atoms with Gasteiger partial charge in [0.2, 0.25) is 0 Å². The number of hydrogen-bond acceptors (Lipinski definition) is 1. The smallest absolute Gasteiger partial charge is 0.307 e. The normalized spacial score (nSPS) is 12.0. The fraction of sp³-hybridized carbons (Fsp3) is 0.222. The molecule has 0 amide bonds. The number of rotatable bonds is 1. The standard InChI is InChI=1S/C9H8F3N3/c1-14-4-3-8(13-14)15-5-2-7(6-15)9(10,11)12/h2-6H,1H3. The molecule has 2 aromatic rings. The second kappa shape index (κ2) is 3.15. The summed E-state index contributed by atoms with van der Waals surface area (Å²) in [5.74, 6) is 0.466. The maximum atomic E-state index is 12.3. The molecule has 0 saturated carbocycles. The van der Waals surface area contributed by atoms with E-state index < -0.39 is 11.7 Å². The van der Waals surface area contributed by atoms with Crippen LogP contribution in [0.3, 0.4) is 0 Å². The Labute approximate surface area is 83.7 Å². The molecule has 0 radical (unpaired) electrons. The van der Waals surface area contributed by atoms with Gasteiger partial charge in [0.05, 0.1) is 5.56 Å². The van der Waals surface area contributed by atoms with Gasteiger partial charge in [-0.2, -0.15) is 18.3 Å². The predicted molar refractivity (Wildman–Crippen MR) is 47.5 cm³/mol. The van der Waals surface area contributed by atoms with E-state index in [0.717, 1.165) is 12.3 Å². The Morgan fingerprint density at radius 1 is 1.20 bits per heavy atom. The largest absolute Gasteiger partial charge is 0.417 e. The van der Waals surface area contributed by atoms with Crippen LogP contribution in [0.15, 0.2) is 30.7 Å². The predicted octanol–water partition coefficient (Wildman–Crippen LogP) is 2.23. The molecule has 0 aliphatic heterocycles. The Morgan fingerprint density at radius 3 is 2.40 bits per heavy atom. The van der Waals surface area contributed by atoms with Crippen LogP contribution in [0, 0.1) is 0 Å². The quantitative estimate of drug-likeness (QED) is 0.715. The van der Waals surface area contributed by atoms with Crippen molar-refractivity contribution in [2.75, 3.05) is 0 Å². The van der Waals surface area contributed by atoms with E-state index in [4.69, 9.17) is 0 Å². The van der Waals surface area contributed by atoms with Gasteiger partial charge in [-0.05, 0) is 6.07 Å².